The van der Waals surface area contributed by atoms with Crippen molar-refractivity contribution in [2.75, 3.05) is 24.6 Å². The maximum Gasteiger partial charge on any atom is 0.228 e. The SMILES string of the molecule is CCCC1(N)CN(c2nccc(OCC)n2)C1. The van der Waals surface area contributed by atoms with Crippen molar-refractivity contribution >= 4 is 5.95 Å². The maximum absolute atomic E-state index is 6.21. The van der Waals surface area contributed by atoms with Crippen LogP contribution in [0, 0.1) is 0 Å². The lowest BCUT2D eigenvalue weighted by Gasteiger charge is -2.47. The summed E-state index contributed by atoms with van der Waals surface area (Å²) in [5.41, 5.74) is 6.15. The Hall–Kier alpha value is -1.36. The third-order valence-corrected chi connectivity index (χ3v) is 2.95. The van der Waals surface area contributed by atoms with Crippen molar-refractivity contribution in [3.63, 3.8) is 0 Å². The number of aromatic nitrogens is 2. The molecule has 0 saturated carbocycles. The molecule has 1 saturated heterocycles. The summed E-state index contributed by atoms with van der Waals surface area (Å²) in [4.78, 5) is 10.7. The molecule has 5 nitrogen and oxygen atoms in total. The predicted octanol–water partition coefficient (Wildman–Crippen LogP) is 1.19. The Bertz CT molecular complexity index is 377. The van der Waals surface area contributed by atoms with Gasteiger partial charge in [-0.2, -0.15) is 4.98 Å². The van der Waals surface area contributed by atoms with Gasteiger partial charge in [-0.3, -0.25) is 0 Å². The summed E-state index contributed by atoms with van der Waals surface area (Å²) in [7, 11) is 0. The van der Waals surface area contributed by atoms with Crippen molar-refractivity contribution in [2.24, 2.45) is 5.73 Å². The number of nitrogens with zero attached hydrogens (tertiary/aromatic N) is 3. The summed E-state index contributed by atoms with van der Waals surface area (Å²) < 4.78 is 5.36. The summed E-state index contributed by atoms with van der Waals surface area (Å²) >= 11 is 0. The van der Waals surface area contributed by atoms with Gasteiger partial charge in [0.1, 0.15) is 0 Å². The molecule has 2 N–H and O–H groups in total. The van der Waals surface area contributed by atoms with Gasteiger partial charge in [0.15, 0.2) is 0 Å². The average Bonchev–Trinajstić information content (AvgIpc) is 2.27. The minimum atomic E-state index is -0.0558. The molecule has 1 aromatic heterocycles. The third kappa shape index (κ3) is 2.66. The van der Waals surface area contributed by atoms with Gasteiger partial charge in [0.25, 0.3) is 0 Å². The van der Waals surface area contributed by atoms with Gasteiger partial charge in [0.2, 0.25) is 11.8 Å². The van der Waals surface area contributed by atoms with Crippen LogP contribution in [0.2, 0.25) is 0 Å². The number of nitrogens with two attached hydrogens (primary N) is 1. The van der Waals surface area contributed by atoms with Crippen LogP contribution in [0.3, 0.4) is 0 Å². The van der Waals surface area contributed by atoms with Crippen LogP contribution in [0.1, 0.15) is 26.7 Å². The van der Waals surface area contributed by atoms with Crippen molar-refractivity contribution in [2.45, 2.75) is 32.2 Å². The lowest BCUT2D eigenvalue weighted by Crippen LogP contribution is -2.67. The molecule has 2 heterocycles. The van der Waals surface area contributed by atoms with Crippen molar-refractivity contribution < 1.29 is 4.74 Å². The van der Waals surface area contributed by atoms with E-state index in [4.69, 9.17) is 10.5 Å². The van der Waals surface area contributed by atoms with Gasteiger partial charge in [-0.1, -0.05) is 13.3 Å². The summed E-state index contributed by atoms with van der Waals surface area (Å²) in [6.07, 6.45) is 3.89. The average molecular weight is 236 g/mol. The number of hydrogen-bond donors (Lipinski definition) is 1. The first kappa shape index (κ1) is 12.1. The van der Waals surface area contributed by atoms with E-state index < -0.39 is 0 Å². The van der Waals surface area contributed by atoms with Gasteiger partial charge in [-0.05, 0) is 13.3 Å². The van der Waals surface area contributed by atoms with Gasteiger partial charge in [-0.15, -0.1) is 0 Å². The molecule has 0 atom stereocenters. The molecular weight excluding hydrogens is 216 g/mol. The van der Waals surface area contributed by atoms with Gasteiger partial charge in [-0.25, -0.2) is 4.98 Å². The van der Waals surface area contributed by atoms with Crippen LogP contribution in [-0.4, -0.2) is 35.2 Å². The number of rotatable bonds is 5. The fraction of sp³-hybridized carbons (Fsp3) is 0.667. The summed E-state index contributed by atoms with van der Waals surface area (Å²) in [5.74, 6) is 1.34. The van der Waals surface area contributed by atoms with E-state index in [9.17, 15) is 0 Å². The van der Waals surface area contributed by atoms with E-state index in [0.29, 0.717) is 18.4 Å². The van der Waals surface area contributed by atoms with Crippen molar-refractivity contribution in [3.05, 3.63) is 12.3 Å². The van der Waals surface area contributed by atoms with Crippen LogP contribution in [0.15, 0.2) is 12.3 Å². The first-order chi connectivity index (χ1) is 8.17. The summed E-state index contributed by atoms with van der Waals surface area (Å²) in [6, 6.07) is 1.77. The second kappa shape index (κ2) is 4.87. The molecule has 0 aromatic carbocycles. The van der Waals surface area contributed by atoms with Crippen LogP contribution in [-0.2, 0) is 0 Å². The van der Waals surface area contributed by atoms with E-state index in [1.807, 2.05) is 6.92 Å². The molecule has 1 aliphatic rings. The zero-order valence-electron chi connectivity index (χ0n) is 10.5. The van der Waals surface area contributed by atoms with Crippen LogP contribution in [0.4, 0.5) is 5.95 Å². The molecule has 0 amide bonds. The topological polar surface area (TPSA) is 64.3 Å². The summed E-state index contributed by atoms with van der Waals surface area (Å²) in [6.45, 7) is 6.38. The lowest BCUT2D eigenvalue weighted by molar-refractivity contribution is 0.298. The van der Waals surface area contributed by atoms with Crippen LogP contribution >= 0.6 is 0 Å². The van der Waals surface area contributed by atoms with Gasteiger partial charge in [0, 0.05) is 25.4 Å². The molecule has 1 fully saturated rings. The number of ether oxygens (including phenoxy) is 1. The Morgan fingerprint density at radius 2 is 2.24 bits per heavy atom. The largest absolute Gasteiger partial charge is 0.478 e. The number of anilines is 1. The van der Waals surface area contributed by atoms with E-state index in [0.717, 1.165) is 25.9 Å². The first-order valence-electron chi connectivity index (χ1n) is 6.16. The molecule has 0 bridgehead atoms. The highest BCUT2D eigenvalue weighted by Gasteiger charge is 2.39. The van der Waals surface area contributed by atoms with Crippen LogP contribution in [0.25, 0.3) is 0 Å². The molecular formula is C12H20N4O. The zero-order chi connectivity index (χ0) is 12.3. The normalized spacial score (nSPS) is 17.7. The van der Waals surface area contributed by atoms with Crippen molar-refractivity contribution in [1.82, 2.24) is 9.97 Å². The Labute approximate surface area is 102 Å². The minimum Gasteiger partial charge on any atom is -0.478 e. The molecule has 0 radical (unpaired) electrons. The Balaban J connectivity index is 1.98. The molecule has 5 heteroatoms. The highest BCUT2D eigenvalue weighted by Crippen LogP contribution is 2.27. The Kier molecular flexibility index (Phi) is 3.47. The van der Waals surface area contributed by atoms with Crippen molar-refractivity contribution in [3.8, 4) is 5.88 Å². The molecule has 0 unspecified atom stereocenters. The maximum atomic E-state index is 6.21. The minimum absolute atomic E-state index is 0.0558. The molecule has 0 spiro atoms. The lowest BCUT2D eigenvalue weighted by atomic mass is 9.87. The van der Waals surface area contributed by atoms with E-state index in [2.05, 4.69) is 21.8 Å². The van der Waals surface area contributed by atoms with Crippen molar-refractivity contribution in [1.29, 1.82) is 0 Å². The fourth-order valence-corrected chi connectivity index (χ4v) is 2.22. The van der Waals surface area contributed by atoms with Gasteiger partial charge < -0.3 is 15.4 Å². The molecule has 17 heavy (non-hydrogen) atoms. The second-order valence-electron chi connectivity index (χ2n) is 4.60. The Morgan fingerprint density at radius 3 is 2.88 bits per heavy atom. The van der Waals surface area contributed by atoms with Gasteiger partial charge in [0.05, 0.1) is 12.1 Å². The van der Waals surface area contributed by atoms with E-state index >= 15 is 0 Å². The molecule has 2 rings (SSSR count). The van der Waals surface area contributed by atoms with E-state index in [-0.39, 0.29) is 5.54 Å². The monoisotopic (exact) mass is 236 g/mol. The molecule has 1 aromatic rings. The van der Waals surface area contributed by atoms with Crippen LogP contribution in [0.5, 0.6) is 5.88 Å². The highest BCUT2D eigenvalue weighted by molar-refractivity contribution is 5.39. The zero-order valence-corrected chi connectivity index (χ0v) is 10.5. The summed E-state index contributed by atoms with van der Waals surface area (Å²) in [5, 5.41) is 0. The van der Waals surface area contributed by atoms with E-state index in [1.165, 1.54) is 0 Å². The third-order valence-electron chi connectivity index (χ3n) is 2.95. The number of hydrogen-bond acceptors (Lipinski definition) is 5. The van der Waals surface area contributed by atoms with E-state index in [1.54, 1.807) is 12.3 Å². The quantitative estimate of drug-likeness (QED) is 0.832. The molecule has 94 valence electrons. The fourth-order valence-electron chi connectivity index (χ4n) is 2.22. The molecule has 0 aliphatic carbocycles. The highest BCUT2D eigenvalue weighted by atomic mass is 16.5. The smallest absolute Gasteiger partial charge is 0.228 e. The second-order valence-corrected chi connectivity index (χ2v) is 4.60. The Morgan fingerprint density at radius 1 is 1.47 bits per heavy atom. The molecule has 1 aliphatic heterocycles. The standard InChI is InChI=1S/C12H20N4O/c1-3-6-12(13)8-16(9-12)11-14-7-5-10(15-11)17-4-2/h5,7H,3-4,6,8-9,13H2,1-2H3. The first-order valence-corrected chi connectivity index (χ1v) is 6.16. The van der Waals surface area contributed by atoms with Gasteiger partial charge >= 0.3 is 0 Å². The van der Waals surface area contributed by atoms with Crippen LogP contribution < -0.4 is 15.4 Å². The predicted molar refractivity (Wildman–Crippen MR) is 67.2 cm³/mol.